The largest absolute Gasteiger partial charge is 0.494 e. The highest BCUT2D eigenvalue weighted by atomic mass is 16.5. The minimum absolute atomic E-state index is 0.625. The van der Waals surface area contributed by atoms with E-state index in [9.17, 15) is 4.79 Å². The van der Waals surface area contributed by atoms with Crippen molar-refractivity contribution in [3.05, 3.63) is 54.1 Å². The van der Waals surface area contributed by atoms with Crippen LogP contribution >= 0.6 is 0 Å². The molecular formula is C21H23N3O2. The lowest BCUT2D eigenvalue weighted by Crippen LogP contribution is -2.44. The molecule has 0 bridgehead atoms. The monoisotopic (exact) mass is 349 g/mol. The Morgan fingerprint density at radius 2 is 1.92 bits per heavy atom. The predicted molar refractivity (Wildman–Crippen MR) is 105 cm³/mol. The molecule has 1 aliphatic rings. The molecule has 1 aliphatic heterocycles. The molecule has 26 heavy (non-hydrogen) atoms. The summed E-state index contributed by atoms with van der Waals surface area (Å²) < 4.78 is 7.88. The average Bonchev–Trinajstić information content (AvgIpc) is 3.03. The van der Waals surface area contributed by atoms with E-state index in [4.69, 9.17) is 4.74 Å². The third-order valence-electron chi connectivity index (χ3n) is 4.81. The predicted octanol–water partition coefficient (Wildman–Crippen LogP) is 3.25. The smallest absolute Gasteiger partial charge is 0.154 e. The van der Waals surface area contributed by atoms with Crippen LogP contribution in [0.25, 0.3) is 16.6 Å². The third-order valence-corrected chi connectivity index (χ3v) is 4.81. The van der Waals surface area contributed by atoms with E-state index in [1.165, 1.54) is 0 Å². The van der Waals surface area contributed by atoms with Crippen molar-refractivity contribution in [2.24, 2.45) is 0 Å². The number of aldehydes is 1. The van der Waals surface area contributed by atoms with Gasteiger partial charge in [-0.2, -0.15) is 0 Å². The average molecular weight is 349 g/mol. The number of para-hydroxylation sites is 1. The molecule has 5 heteroatoms. The van der Waals surface area contributed by atoms with Crippen LogP contribution in [0, 0.1) is 0 Å². The molecule has 0 amide bonds. The number of hydrogen-bond acceptors (Lipinski definition) is 4. The van der Waals surface area contributed by atoms with Crippen LogP contribution in [0.4, 0.5) is 5.82 Å². The van der Waals surface area contributed by atoms with E-state index in [1.54, 1.807) is 0 Å². The van der Waals surface area contributed by atoms with E-state index in [1.807, 2.05) is 43.3 Å². The molecule has 0 unspecified atom stereocenters. The van der Waals surface area contributed by atoms with E-state index in [2.05, 4.69) is 26.9 Å². The summed E-state index contributed by atoms with van der Waals surface area (Å²) in [7, 11) is 0. The number of carbonyl (C=O) groups is 1. The van der Waals surface area contributed by atoms with Gasteiger partial charge in [0.2, 0.25) is 0 Å². The second-order valence-electron chi connectivity index (χ2n) is 6.38. The second-order valence-corrected chi connectivity index (χ2v) is 6.38. The standard InChI is InChI=1S/C21H23N3O2/c1-2-26-17-7-5-6-16(14-17)24-20-9-4-3-8-18(20)19(15-25)21(24)23-12-10-22-11-13-23/h3-9,14-15,22H,2,10-13H2,1H3. The van der Waals surface area contributed by atoms with Gasteiger partial charge in [0.25, 0.3) is 0 Å². The van der Waals surface area contributed by atoms with Crippen molar-refractivity contribution >= 4 is 23.0 Å². The highest BCUT2D eigenvalue weighted by Gasteiger charge is 2.24. The summed E-state index contributed by atoms with van der Waals surface area (Å²) in [6, 6.07) is 16.2. The lowest BCUT2D eigenvalue weighted by molar-refractivity contribution is 0.112. The zero-order chi connectivity index (χ0) is 17.9. The van der Waals surface area contributed by atoms with Crippen LogP contribution in [0.3, 0.4) is 0 Å². The highest BCUT2D eigenvalue weighted by Crippen LogP contribution is 2.35. The normalized spacial score (nSPS) is 14.6. The number of aromatic nitrogens is 1. The van der Waals surface area contributed by atoms with Gasteiger partial charge in [0.1, 0.15) is 11.6 Å². The zero-order valence-electron chi connectivity index (χ0n) is 14.9. The van der Waals surface area contributed by atoms with Crippen molar-refractivity contribution in [2.75, 3.05) is 37.7 Å². The molecule has 1 aromatic heterocycles. The number of piperazine rings is 1. The van der Waals surface area contributed by atoms with Gasteiger partial charge in [-0.3, -0.25) is 9.36 Å². The van der Waals surface area contributed by atoms with Gasteiger partial charge in [0.05, 0.1) is 23.4 Å². The molecule has 0 saturated carbocycles. The summed E-state index contributed by atoms with van der Waals surface area (Å²) in [5.41, 5.74) is 2.80. The summed E-state index contributed by atoms with van der Waals surface area (Å²) in [5.74, 6) is 1.80. The molecular weight excluding hydrogens is 326 g/mol. The van der Waals surface area contributed by atoms with Crippen molar-refractivity contribution in [3.8, 4) is 11.4 Å². The number of fused-ring (bicyclic) bond motifs is 1. The van der Waals surface area contributed by atoms with Gasteiger partial charge in [0, 0.05) is 37.6 Å². The topological polar surface area (TPSA) is 46.5 Å². The van der Waals surface area contributed by atoms with E-state index in [0.717, 1.165) is 66.2 Å². The number of anilines is 1. The van der Waals surface area contributed by atoms with Crippen LogP contribution in [0.15, 0.2) is 48.5 Å². The SMILES string of the molecule is CCOc1cccc(-n2c(N3CCNCC3)c(C=O)c3ccccc32)c1. The first-order valence-electron chi connectivity index (χ1n) is 9.11. The summed E-state index contributed by atoms with van der Waals surface area (Å²) in [6.45, 7) is 6.19. The molecule has 1 N–H and O–H groups in total. The molecule has 3 aromatic rings. The molecule has 5 nitrogen and oxygen atoms in total. The molecule has 2 heterocycles. The number of nitrogens with one attached hydrogen (secondary N) is 1. The van der Waals surface area contributed by atoms with Crippen molar-refractivity contribution in [1.82, 2.24) is 9.88 Å². The molecule has 2 aromatic carbocycles. The van der Waals surface area contributed by atoms with Gasteiger partial charge in [-0.1, -0.05) is 24.3 Å². The van der Waals surface area contributed by atoms with Gasteiger partial charge in [0.15, 0.2) is 6.29 Å². The maximum atomic E-state index is 12.0. The van der Waals surface area contributed by atoms with Crippen LogP contribution in [-0.2, 0) is 0 Å². The molecule has 1 saturated heterocycles. The minimum atomic E-state index is 0.625. The Hall–Kier alpha value is -2.79. The first-order chi connectivity index (χ1) is 12.8. The Labute approximate surface area is 153 Å². The van der Waals surface area contributed by atoms with E-state index in [-0.39, 0.29) is 0 Å². The Kier molecular flexibility index (Phi) is 4.63. The van der Waals surface area contributed by atoms with Gasteiger partial charge in [-0.05, 0) is 25.1 Å². The third kappa shape index (κ3) is 2.84. The summed E-state index contributed by atoms with van der Waals surface area (Å²) in [4.78, 5) is 14.3. The number of ether oxygens (including phenoxy) is 1. The van der Waals surface area contributed by atoms with Crippen molar-refractivity contribution in [1.29, 1.82) is 0 Å². The van der Waals surface area contributed by atoms with Crippen LogP contribution < -0.4 is 15.0 Å². The number of nitrogens with zero attached hydrogens (tertiary/aromatic N) is 2. The quantitative estimate of drug-likeness (QED) is 0.718. The fraction of sp³-hybridized carbons (Fsp3) is 0.286. The maximum absolute atomic E-state index is 12.0. The number of rotatable bonds is 5. The Morgan fingerprint density at radius 1 is 1.12 bits per heavy atom. The Bertz CT molecular complexity index is 926. The van der Waals surface area contributed by atoms with E-state index < -0.39 is 0 Å². The summed E-state index contributed by atoms with van der Waals surface area (Å²) in [5, 5.41) is 4.37. The fourth-order valence-corrected chi connectivity index (χ4v) is 3.70. The van der Waals surface area contributed by atoms with Crippen LogP contribution in [0.2, 0.25) is 0 Å². The summed E-state index contributed by atoms with van der Waals surface area (Å²) in [6.07, 6.45) is 0.989. The molecule has 134 valence electrons. The van der Waals surface area contributed by atoms with Gasteiger partial charge < -0.3 is 15.0 Å². The van der Waals surface area contributed by atoms with Crippen LogP contribution in [0.1, 0.15) is 17.3 Å². The first kappa shape index (κ1) is 16.7. The Morgan fingerprint density at radius 3 is 2.69 bits per heavy atom. The van der Waals surface area contributed by atoms with E-state index in [0.29, 0.717) is 6.61 Å². The number of hydrogen-bond donors (Lipinski definition) is 1. The van der Waals surface area contributed by atoms with Crippen molar-refractivity contribution in [3.63, 3.8) is 0 Å². The minimum Gasteiger partial charge on any atom is -0.494 e. The van der Waals surface area contributed by atoms with E-state index >= 15 is 0 Å². The van der Waals surface area contributed by atoms with Gasteiger partial charge in [-0.25, -0.2) is 0 Å². The maximum Gasteiger partial charge on any atom is 0.154 e. The highest BCUT2D eigenvalue weighted by molar-refractivity contribution is 6.05. The molecule has 0 radical (unpaired) electrons. The summed E-state index contributed by atoms with van der Waals surface area (Å²) >= 11 is 0. The molecule has 0 aliphatic carbocycles. The fourth-order valence-electron chi connectivity index (χ4n) is 3.70. The van der Waals surface area contributed by atoms with Gasteiger partial charge >= 0.3 is 0 Å². The van der Waals surface area contributed by atoms with Crippen LogP contribution in [-0.4, -0.2) is 43.6 Å². The number of carbonyl (C=O) groups excluding carboxylic acids is 1. The first-order valence-corrected chi connectivity index (χ1v) is 9.11. The molecule has 0 atom stereocenters. The lowest BCUT2D eigenvalue weighted by Gasteiger charge is -2.31. The molecule has 0 spiro atoms. The molecule has 4 rings (SSSR count). The van der Waals surface area contributed by atoms with Crippen molar-refractivity contribution < 1.29 is 9.53 Å². The zero-order valence-corrected chi connectivity index (χ0v) is 14.9. The Balaban J connectivity index is 1.97. The van der Waals surface area contributed by atoms with Gasteiger partial charge in [-0.15, -0.1) is 0 Å². The lowest BCUT2D eigenvalue weighted by atomic mass is 10.2. The molecule has 1 fully saturated rings. The second kappa shape index (κ2) is 7.22. The number of benzene rings is 2. The van der Waals surface area contributed by atoms with Crippen LogP contribution in [0.5, 0.6) is 5.75 Å². The van der Waals surface area contributed by atoms with Crippen molar-refractivity contribution in [2.45, 2.75) is 6.92 Å².